The molecule has 0 spiro atoms. The Kier molecular flexibility index (Phi) is 2.85. The molecule has 6 heteroatoms. The van der Waals surface area contributed by atoms with Crippen molar-refractivity contribution >= 4 is 33.2 Å². The van der Waals surface area contributed by atoms with E-state index in [0.717, 1.165) is 20.5 Å². The van der Waals surface area contributed by atoms with Crippen LogP contribution in [0.25, 0.3) is 20.5 Å². The SMILES string of the molecule is O=C(O)Nc1c(-c2cccnc2)sc2cnccc12. The Balaban J connectivity index is 2.26. The van der Waals surface area contributed by atoms with Gasteiger partial charge in [-0.2, -0.15) is 0 Å². The monoisotopic (exact) mass is 271 g/mol. The molecule has 19 heavy (non-hydrogen) atoms. The summed E-state index contributed by atoms with van der Waals surface area (Å²) in [5.41, 5.74) is 1.47. The number of hydrogen-bond acceptors (Lipinski definition) is 4. The third kappa shape index (κ3) is 2.13. The van der Waals surface area contributed by atoms with E-state index >= 15 is 0 Å². The van der Waals surface area contributed by atoms with Crippen LogP contribution in [0, 0.1) is 0 Å². The second kappa shape index (κ2) is 4.66. The molecule has 0 aromatic carbocycles. The number of thiophene rings is 1. The Hall–Kier alpha value is -2.47. The summed E-state index contributed by atoms with van der Waals surface area (Å²) in [6.45, 7) is 0. The number of nitrogens with one attached hydrogen (secondary N) is 1. The van der Waals surface area contributed by atoms with Crippen LogP contribution < -0.4 is 5.32 Å². The fraction of sp³-hybridized carbons (Fsp3) is 0. The lowest BCUT2D eigenvalue weighted by Crippen LogP contribution is -2.07. The van der Waals surface area contributed by atoms with Crippen LogP contribution in [0.5, 0.6) is 0 Å². The molecule has 1 amide bonds. The van der Waals surface area contributed by atoms with E-state index in [-0.39, 0.29) is 0 Å². The quantitative estimate of drug-likeness (QED) is 0.748. The van der Waals surface area contributed by atoms with Crippen LogP contribution in [0.2, 0.25) is 0 Å². The van der Waals surface area contributed by atoms with Crippen LogP contribution >= 0.6 is 11.3 Å². The molecule has 2 N–H and O–H groups in total. The van der Waals surface area contributed by atoms with Gasteiger partial charge in [0.1, 0.15) is 0 Å². The number of anilines is 1. The molecule has 0 radical (unpaired) electrons. The van der Waals surface area contributed by atoms with Crippen LogP contribution in [0.15, 0.2) is 43.0 Å². The predicted molar refractivity (Wildman–Crippen MR) is 74.5 cm³/mol. The lowest BCUT2D eigenvalue weighted by molar-refractivity contribution is 0.210. The van der Waals surface area contributed by atoms with Gasteiger partial charge in [-0.1, -0.05) is 6.07 Å². The molecule has 0 bridgehead atoms. The number of rotatable bonds is 2. The second-order valence-corrected chi connectivity index (χ2v) is 4.90. The fourth-order valence-electron chi connectivity index (χ4n) is 1.88. The number of fused-ring (bicyclic) bond motifs is 1. The topological polar surface area (TPSA) is 75.1 Å². The highest BCUT2D eigenvalue weighted by molar-refractivity contribution is 7.23. The minimum Gasteiger partial charge on any atom is -0.465 e. The summed E-state index contributed by atoms with van der Waals surface area (Å²) < 4.78 is 0.935. The van der Waals surface area contributed by atoms with E-state index in [0.29, 0.717) is 5.69 Å². The van der Waals surface area contributed by atoms with Crippen LogP contribution in [-0.2, 0) is 0 Å². The highest BCUT2D eigenvalue weighted by atomic mass is 32.1. The van der Waals surface area contributed by atoms with Gasteiger partial charge in [0.25, 0.3) is 0 Å². The first-order valence-electron chi connectivity index (χ1n) is 5.52. The predicted octanol–water partition coefficient (Wildman–Crippen LogP) is 3.45. The van der Waals surface area contributed by atoms with Crippen molar-refractivity contribution in [2.45, 2.75) is 0 Å². The van der Waals surface area contributed by atoms with Gasteiger partial charge >= 0.3 is 6.09 Å². The molecule has 3 aromatic heterocycles. The highest BCUT2D eigenvalue weighted by Gasteiger charge is 2.15. The second-order valence-electron chi connectivity index (χ2n) is 3.85. The maximum atomic E-state index is 11.0. The van der Waals surface area contributed by atoms with Crippen molar-refractivity contribution in [3.63, 3.8) is 0 Å². The van der Waals surface area contributed by atoms with Crippen molar-refractivity contribution in [1.82, 2.24) is 9.97 Å². The van der Waals surface area contributed by atoms with Crippen molar-refractivity contribution in [2.24, 2.45) is 0 Å². The molecule has 0 atom stereocenters. The van der Waals surface area contributed by atoms with Gasteiger partial charge in [0.2, 0.25) is 0 Å². The van der Waals surface area contributed by atoms with Crippen LogP contribution in [0.3, 0.4) is 0 Å². The lowest BCUT2D eigenvalue weighted by atomic mass is 10.2. The van der Waals surface area contributed by atoms with Gasteiger partial charge in [-0.25, -0.2) is 4.79 Å². The normalized spacial score (nSPS) is 10.5. The van der Waals surface area contributed by atoms with Crippen LogP contribution in [0.4, 0.5) is 10.5 Å². The minimum atomic E-state index is -1.08. The Morgan fingerprint density at radius 1 is 1.21 bits per heavy atom. The Labute approximate surface area is 112 Å². The van der Waals surface area contributed by atoms with E-state index in [1.165, 1.54) is 11.3 Å². The third-order valence-electron chi connectivity index (χ3n) is 2.65. The van der Waals surface area contributed by atoms with E-state index in [9.17, 15) is 4.79 Å². The number of amides is 1. The van der Waals surface area contributed by atoms with E-state index in [4.69, 9.17) is 5.11 Å². The molecular formula is C13H9N3O2S. The number of nitrogens with zero attached hydrogens (tertiary/aromatic N) is 2. The molecule has 5 nitrogen and oxygen atoms in total. The van der Waals surface area contributed by atoms with Crippen LogP contribution in [0.1, 0.15) is 0 Å². The van der Waals surface area contributed by atoms with Crippen molar-refractivity contribution in [3.05, 3.63) is 43.0 Å². The first-order chi connectivity index (χ1) is 9.25. The number of pyridine rings is 2. The molecule has 94 valence electrons. The van der Waals surface area contributed by atoms with E-state index in [2.05, 4.69) is 15.3 Å². The molecule has 0 aliphatic rings. The third-order valence-corrected chi connectivity index (χ3v) is 3.84. The minimum absolute atomic E-state index is 0.586. The van der Waals surface area contributed by atoms with Gasteiger partial charge in [-0.15, -0.1) is 11.3 Å². The summed E-state index contributed by atoms with van der Waals surface area (Å²) in [7, 11) is 0. The van der Waals surface area contributed by atoms with Gasteiger partial charge in [-0.05, 0) is 12.1 Å². The van der Waals surface area contributed by atoms with Crippen molar-refractivity contribution < 1.29 is 9.90 Å². The van der Waals surface area contributed by atoms with Gasteiger partial charge in [-0.3, -0.25) is 15.3 Å². The average Bonchev–Trinajstić information content (AvgIpc) is 2.78. The molecule has 0 unspecified atom stereocenters. The van der Waals surface area contributed by atoms with Gasteiger partial charge in [0.05, 0.1) is 15.3 Å². The largest absolute Gasteiger partial charge is 0.465 e. The van der Waals surface area contributed by atoms with Gasteiger partial charge in [0, 0.05) is 35.7 Å². The zero-order chi connectivity index (χ0) is 13.2. The van der Waals surface area contributed by atoms with Gasteiger partial charge < -0.3 is 5.11 Å². The first kappa shape index (κ1) is 11.6. The molecule has 0 fully saturated rings. The number of hydrogen-bond donors (Lipinski definition) is 2. The summed E-state index contributed by atoms with van der Waals surface area (Å²) in [6.07, 6.45) is 5.69. The summed E-state index contributed by atoms with van der Waals surface area (Å²) in [5, 5.41) is 12.3. The molecule has 0 aliphatic heterocycles. The van der Waals surface area contributed by atoms with E-state index < -0.39 is 6.09 Å². The number of carbonyl (C=O) groups is 1. The molecule has 0 saturated carbocycles. The Bertz CT molecular complexity index is 740. The fourth-order valence-corrected chi connectivity index (χ4v) is 3.00. The molecule has 3 aromatic rings. The van der Waals surface area contributed by atoms with Crippen molar-refractivity contribution in [1.29, 1.82) is 0 Å². The van der Waals surface area contributed by atoms with Crippen molar-refractivity contribution in [3.8, 4) is 10.4 Å². The van der Waals surface area contributed by atoms with E-state index in [1.54, 1.807) is 30.9 Å². The molecule has 3 heterocycles. The summed E-state index contributed by atoms with van der Waals surface area (Å²) >= 11 is 1.49. The Morgan fingerprint density at radius 2 is 2.05 bits per heavy atom. The number of carboxylic acid groups (broad SMARTS) is 1. The zero-order valence-electron chi connectivity index (χ0n) is 9.70. The van der Waals surface area contributed by atoms with E-state index in [1.807, 2.05) is 12.1 Å². The maximum absolute atomic E-state index is 11.0. The molecular weight excluding hydrogens is 262 g/mol. The molecule has 3 rings (SSSR count). The Morgan fingerprint density at radius 3 is 2.79 bits per heavy atom. The first-order valence-corrected chi connectivity index (χ1v) is 6.34. The number of aromatic nitrogens is 2. The standard InChI is InChI=1S/C13H9N3O2S/c17-13(18)16-11-9-3-5-15-7-10(9)19-12(11)8-2-1-4-14-6-8/h1-7,16H,(H,17,18). The maximum Gasteiger partial charge on any atom is 0.409 e. The van der Waals surface area contributed by atoms with Crippen molar-refractivity contribution in [2.75, 3.05) is 5.32 Å². The van der Waals surface area contributed by atoms with Gasteiger partial charge in [0.15, 0.2) is 0 Å². The molecule has 0 aliphatic carbocycles. The van der Waals surface area contributed by atoms with Crippen LogP contribution in [-0.4, -0.2) is 21.2 Å². The summed E-state index contributed by atoms with van der Waals surface area (Å²) in [6, 6.07) is 5.53. The summed E-state index contributed by atoms with van der Waals surface area (Å²) in [5.74, 6) is 0. The molecule has 0 saturated heterocycles. The summed E-state index contributed by atoms with van der Waals surface area (Å²) in [4.78, 5) is 19.9. The smallest absolute Gasteiger partial charge is 0.409 e. The highest BCUT2D eigenvalue weighted by Crippen LogP contribution is 2.41. The average molecular weight is 271 g/mol. The zero-order valence-corrected chi connectivity index (χ0v) is 10.5. The lowest BCUT2D eigenvalue weighted by Gasteiger charge is -2.03.